The van der Waals surface area contributed by atoms with Crippen LogP contribution in [0.4, 0.5) is 4.79 Å². The third kappa shape index (κ3) is 5.85. The zero-order chi connectivity index (χ0) is 19.2. The van der Waals surface area contributed by atoms with Crippen LogP contribution in [0, 0.1) is 11.8 Å². The van der Waals surface area contributed by atoms with Crippen molar-refractivity contribution < 1.29 is 9.53 Å². The van der Waals surface area contributed by atoms with Crippen molar-refractivity contribution in [2.75, 3.05) is 39.8 Å². The van der Waals surface area contributed by atoms with Gasteiger partial charge in [0.05, 0.1) is 7.11 Å². The standard InChI is InChI=1S/C21H32BrN3O2/c1-27-19-4-5-20(22)18(14-19)13-17-6-10-24(15-17)9-2-3-16-7-11-25(12-8-16)21(23)26/h4-5,14,16-17H,2-3,6-13,15H2,1H3,(H2,23,26). The molecule has 2 saturated heterocycles. The van der Waals surface area contributed by atoms with E-state index in [4.69, 9.17) is 10.5 Å². The largest absolute Gasteiger partial charge is 0.497 e. The number of hydrogen-bond donors (Lipinski definition) is 1. The van der Waals surface area contributed by atoms with E-state index in [9.17, 15) is 4.79 Å². The number of urea groups is 1. The lowest BCUT2D eigenvalue weighted by molar-refractivity contribution is 0.173. The quantitative estimate of drug-likeness (QED) is 0.703. The SMILES string of the molecule is COc1ccc(Br)c(CC2CCN(CCCC3CCN(C(N)=O)CC3)C2)c1. The van der Waals surface area contributed by atoms with E-state index in [1.807, 2.05) is 6.07 Å². The fourth-order valence-corrected chi connectivity index (χ4v) is 4.88. The van der Waals surface area contributed by atoms with Crippen molar-refractivity contribution in [1.29, 1.82) is 0 Å². The van der Waals surface area contributed by atoms with Gasteiger partial charge in [-0.3, -0.25) is 0 Å². The zero-order valence-corrected chi connectivity index (χ0v) is 17.9. The molecule has 27 heavy (non-hydrogen) atoms. The number of carbonyl (C=O) groups is 1. The van der Waals surface area contributed by atoms with E-state index < -0.39 is 0 Å². The Balaban J connectivity index is 1.36. The monoisotopic (exact) mass is 437 g/mol. The molecular formula is C21H32BrN3O2. The highest BCUT2D eigenvalue weighted by Crippen LogP contribution is 2.29. The molecule has 2 amide bonds. The first kappa shape index (κ1) is 20.5. The van der Waals surface area contributed by atoms with E-state index in [1.165, 1.54) is 48.9 Å². The Bertz CT molecular complexity index is 632. The van der Waals surface area contributed by atoms with Crippen LogP contribution in [0.15, 0.2) is 22.7 Å². The molecule has 2 heterocycles. The van der Waals surface area contributed by atoms with E-state index in [0.717, 1.165) is 49.9 Å². The highest BCUT2D eigenvalue weighted by atomic mass is 79.9. The highest BCUT2D eigenvalue weighted by molar-refractivity contribution is 9.10. The van der Waals surface area contributed by atoms with Gasteiger partial charge in [0.15, 0.2) is 0 Å². The summed E-state index contributed by atoms with van der Waals surface area (Å²) in [4.78, 5) is 15.6. The van der Waals surface area contributed by atoms with Crippen LogP contribution in [-0.2, 0) is 6.42 Å². The maximum atomic E-state index is 11.2. The summed E-state index contributed by atoms with van der Waals surface area (Å²) in [5.41, 5.74) is 6.71. The van der Waals surface area contributed by atoms with Gasteiger partial charge in [-0.05, 0) is 87.2 Å². The highest BCUT2D eigenvalue weighted by Gasteiger charge is 2.24. The molecule has 2 aliphatic rings. The van der Waals surface area contributed by atoms with Crippen LogP contribution in [0.2, 0.25) is 0 Å². The first-order chi connectivity index (χ1) is 13.0. The molecule has 2 aliphatic heterocycles. The minimum atomic E-state index is -0.265. The minimum Gasteiger partial charge on any atom is -0.497 e. The van der Waals surface area contributed by atoms with Crippen LogP contribution < -0.4 is 10.5 Å². The number of carbonyl (C=O) groups excluding carboxylic acids is 1. The van der Waals surface area contributed by atoms with E-state index in [0.29, 0.717) is 0 Å². The fourth-order valence-electron chi connectivity index (χ4n) is 4.47. The molecule has 2 fully saturated rings. The van der Waals surface area contributed by atoms with Crippen LogP contribution >= 0.6 is 15.9 Å². The van der Waals surface area contributed by atoms with Gasteiger partial charge in [0.25, 0.3) is 0 Å². The van der Waals surface area contributed by atoms with Crippen molar-refractivity contribution in [3.8, 4) is 5.75 Å². The molecule has 0 spiro atoms. The molecule has 3 rings (SSSR count). The molecule has 1 unspecified atom stereocenters. The summed E-state index contributed by atoms with van der Waals surface area (Å²) in [6.45, 7) is 5.28. The first-order valence-corrected chi connectivity index (χ1v) is 10.9. The number of nitrogens with zero attached hydrogens (tertiary/aromatic N) is 2. The van der Waals surface area contributed by atoms with Crippen LogP contribution in [0.25, 0.3) is 0 Å². The Morgan fingerprint density at radius 1 is 1.22 bits per heavy atom. The van der Waals surface area contributed by atoms with Gasteiger partial charge in [-0.15, -0.1) is 0 Å². The zero-order valence-electron chi connectivity index (χ0n) is 16.3. The summed E-state index contributed by atoms with van der Waals surface area (Å²) >= 11 is 3.68. The predicted molar refractivity (Wildman–Crippen MR) is 112 cm³/mol. The molecule has 0 bridgehead atoms. The van der Waals surface area contributed by atoms with Gasteiger partial charge in [0, 0.05) is 24.1 Å². The third-order valence-electron chi connectivity index (χ3n) is 6.14. The van der Waals surface area contributed by atoms with E-state index in [-0.39, 0.29) is 6.03 Å². The molecule has 1 atom stereocenters. The summed E-state index contributed by atoms with van der Waals surface area (Å²) in [6, 6.07) is 5.98. The number of piperidine rings is 1. The van der Waals surface area contributed by atoms with Crippen LogP contribution in [0.1, 0.15) is 37.7 Å². The molecule has 0 aromatic heterocycles. The number of methoxy groups -OCH3 is 1. The Morgan fingerprint density at radius 2 is 1.96 bits per heavy atom. The molecule has 1 aromatic carbocycles. The summed E-state index contributed by atoms with van der Waals surface area (Å²) in [6.07, 6.45) is 7.14. The topological polar surface area (TPSA) is 58.8 Å². The molecule has 150 valence electrons. The van der Waals surface area contributed by atoms with Crippen molar-refractivity contribution in [2.24, 2.45) is 17.6 Å². The number of halogens is 1. The third-order valence-corrected chi connectivity index (χ3v) is 6.92. The molecule has 5 nitrogen and oxygen atoms in total. The number of benzene rings is 1. The van der Waals surface area contributed by atoms with Crippen LogP contribution in [0.3, 0.4) is 0 Å². The maximum absolute atomic E-state index is 11.2. The van der Waals surface area contributed by atoms with Crippen molar-refractivity contribution >= 4 is 22.0 Å². The number of amides is 2. The second kappa shape index (κ2) is 9.78. The summed E-state index contributed by atoms with van der Waals surface area (Å²) in [5.74, 6) is 2.42. The maximum Gasteiger partial charge on any atom is 0.314 e. The van der Waals surface area contributed by atoms with E-state index in [2.05, 4.69) is 33.0 Å². The summed E-state index contributed by atoms with van der Waals surface area (Å²) in [7, 11) is 1.72. The number of nitrogens with two attached hydrogens (primary N) is 1. The van der Waals surface area contributed by atoms with Gasteiger partial charge in [-0.2, -0.15) is 0 Å². The number of hydrogen-bond acceptors (Lipinski definition) is 3. The molecular weight excluding hydrogens is 406 g/mol. The van der Waals surface area contributed by atoms with Gasteiger partial charge in [0.1, 0.15) is 5.75 Å². The van der Waals surface area contributed by atoms with Crippen molar-refractivity contribution in [3.63, 3.8) is 0 Å². The Labute approximate surface area is 171 Å². The lowest BCUT2D eigenvalue weighted by atomic mass is 9.92. The molecule has 2 N–H and O–H groups in total. The van der Waals surface area contributed by atoms with E-state index >= 15 is 0 Å². The lowest BCUT2D eigenvalue weighted by Gasteiger charge is -2.31. The van der Waals surface area contributed by atoms with Crippen molar-refractivity contribution in [3.05, 3.63) is 28.2 Å². The molecule has 0 aliphatic carbocycles. The second-order valence-corrected chi connectivity index (χ2v) is 8.88. The molecule has 6 heteroatoms. The predicted octanol–water partition coefficient (Wildman–Crippen LogP) is 3.89. The average Bonchev–Trinajstić information content (AvgIpc) is 3.11. The Hall–Kier alpha value is -1.27. The summed E-state index contributed by atoms with van der Waals surface area (Å²) in [5, 5.41) is 0. The van der Waals surface area contributed by atoms with Crippen molar-refractivity contribution in [2.45, 2.75) is 38.5 Å². The lowest BCUT2D eigenvalue weighted by Crippen LogP contribution is -2.41. The van der Waals surface area contributed by atoms with Crippen LogP contribution in [-0.4, -0.2) is 55.7 Å². The average molecular weight is 438 g/mol. The van der Waals surface area contributed by atoms with Gasteiger partial charge >= 0.3 is 6.03 Å². The van der Waals surface area contributed by atoms with Gasteiger partial charge in [0.2, 0.25) is 0 Å². The summed E-state index contributed by atoms with van der Waals surface area (Å²) < 4.78 is 6.55. The molecule has 1 aromatic rings. The Kier molecular flexibility index (Phi) is 7.41. The Morgan fingerprint density at radius 3 is 2.67 bits per heavy atom. The normalized spacial score (nSPS) is 21.6. The number of primary amides is 1. The molecule has 0 saturated carbocycles. The minimum absolute atomic E-state index is 0.265. The van der Waals surface area contributed by atoms with E-state index in [1.54, 1.807) is 12.0 Å². The smallest absolute Gasteiger partial charge is 0.314 e. The van der Waals surface area contributed by atoms with Gasteiger partial charge < -0.3 is 20.3 Å². The van der Waals surface area contributed by atoms with Crippen LogP contribution in [0.5, 0.6) is 5.75 Å². The molecule has 0 radical (unpaired) electrons. The van der Waals surface area contributed by atoms with Crippen molar-refractivity contribution in [1.82, 2.24) is 9.80 Å². The first-order valence-electron chi connectivity index (χ1n) is 10.1. The second-order valence-electron chi connectivity index (χ2n) is 8.03. The fraction of sp³-hybridized carbons (Fsp3) is 0.667. The number of ether oxygens (including phenoxy) is 1. The number of likely N-dealkylation sites (tertiary alicyclic amines) is 2. The number of rotatable bonds is 7. The van der Waals surface area contributed by atoms with Gasteiger partial charge in [-0.25, -0.2) is 4.79 Å². The van der Waals surface area contributed by atoms with Gasteiger partial charge in [-0.1, -0.05) is 15.9 Å².